The number of nitrogens with zero attached hydrogens (tertiary/aromatic N) is 1. The highest BCUT2D eigenvalue weighted by atomic mass is 35.5. The lowest BCUT2D eigenvalue weighted by Crippen LogP contribution is -2.59. The molecule has 3 atom stereocenters. The minimum Gasteiger partial charge on any atom is -0.322 e. The van der Waals surface area contributed by atoms with Crippen molar-refractivity contribution >= 4 is 30.1 Å². The van der Waals surface area contributed by atoms with Gasteiger partial charge in [-0.1, -0.05) is 49.2 Å². The number of carbonyl (C=O) groups excluding carboxylic acids is 1. The molecule has 1 saturated heterocycles. The number of fused-ring (bicyclic) bond motifs is 1. The topological polar surface area (TPSA) is 32.3 Å². The first kappa shape index (κ1) is 24.8. The minimum atomic E-state index is -4.75. The fraction of sp³-hybridized carbons (Fsp3) is 0.444. The summed E-state index contributed by atoms with van der Waals surface area (Å²) >= 11 is 0. The van der Waals surface area contributed by atoms with Crippen molar-refractivity contribution in [2.75, 3.05) is 18.9 Å². The molecule has 5 rings (SSSR count). The van der Waals surface area contributed by atoms with Crippen LogP contribution in [0, 0.1) is 5.92 Å². The maximum absolute atomic E-state index is 13.7. The molecule has 0 spiro atoms. The molecule has 0 radical (unpaired) electrons. The zero-order valence-corrected chi connectivity index (χ0v) is 20.0. The van der Waals surface area contributed by atoms with Gasteiger partial charge in [-0.05, 0) is 80.1 Å². The minimum absolute atomic E-state index is 0. The Labute approximate surface area is 204 Å². The molecule has 2 aromatic carbocycles. The Morgan fingerprint density at radius 3 is 2.62 bits per heavy atom. The number of halogens is 4. The summed E-state index contributed by atoms with van der Waals surface area (Å²) < 4.78 is 41.0. The number of rotatable bonds is 3. The molecule has 34 heavy (non-hydrogen) atoms. The van der Waals surface area contributed by atoms with E-state index < -0.39 is 17.7 Å². The van der Waals surface area contributed by atoms with Crippen molar-refractivity contribution in [3.8, 4) is 0 Å². The van der Waals surface area contributed by atoms with Crippen LogP contribution in [0.3, 0.4) is 0 Å². The van der Waals surface area contributed by atoms with E-state index in [0.29, 0.717) is 23.2 Å². The van der Waals surface area contributed by atoms with Gasteiger partial charge in [0.1, 0.15) is 5.57 Å². The number of hydrogen-bond donors (Lipinski definition) is 1. The number of likely N-dealkylation sites (tertiary alicyclic amines) is 1. The van der Waals surface area contributed by atoms with E-state index in [0.717, 1.165) is 25.5 Å². The standard InChI is InChI=1S/C27H29F3N2O.ClH/c1-32-14-13-26-12-6-5-9-22(26)24(32)17-19-16-20(10-11-21(19)26)31-25(33)23(27(28,29)30)15-18-7-3-2-4-8-18;/h2-4,7-8,10-11,15-16,22,24H,5-6,9,12-14,17H2,1H3,(H,31,33);1H/t22-,24+,26-;/m0./s1. The van der Waals surface area contributed by atoms with E-state index in [9.17, 15) is 18.0 Å². The molecule has 1 N–H and O–H groups in total. The Hall–Kier alpha value is -2.31. The number of hydrogen-bond acceptors (Lipinski definition) is 2. The molecule has 3 aliphatic rings. The van der Waals surface area contributed by atoms with E-state index in [2.05, 4.69) is 23.3 Å². The molecule has 7 heteroatoms. The fourth-order valence-electron chi connectivity index (χ4n) is 6.50. The van der Waals surface area contributed by atoms with Crippen molar-refractivity contribution in [2.24, 2.45) is 5.92 Å². The van der Waals surface area contributed by atoms with Crippen LogP contribution >= 0.6 is 12.4 Å². The van der Waals surface area contributed by atoms with E-state index in [4.69, 9.17) is 0 Å². The Bertz CT molecular complexity index is 1090. The molecule has 2 fully saturated rings. The third kappa shape index (κ3) is 4.38. The predicted octanol–water partition coefficient (Wildman–Crippen LogP) is 6.38. The summed E-state index contributed by atoms with van der Waals surface area (Å²) in [7, 11) is 2.18. The van der Waals surface area contributed by atoms with Crippen molar-refractivity contribution in [3.63, 3.8) is 0 Å². The lowest BCUT2D eigenvalue weighted by Gasteiger charge is -2.58. The Morgan fingerprint density at radius 2 is 1.88 bits per heavy atom. The molecule has 3 nitrogen and oxygen atoms in total. The number of amides is 1. The van der Waals surface area contributed by atoms with Gasteiger partial charge in [0.15, 0.2) is 0 Å². The van der Waals surface area contributed by atoms with Gasteiger partial charge < -0.3 is 10.2 Å². The average Bonchev–Trinajstić information content (AvgIpc) is 2.79. The number of likely N-dealkylation sites (N-methyl/N-ethyl adjacent to an activating group) is 1. The van der Waals surface area contributed by atoms with Crippen molar-refractivity contribution in [1.82, 2.24) is 4.90 Å². The molecule has 2 bridgehead atoms. The summed E-state index contributed by atoms with van der Waals surface area (Å²) in [5, 5.41) is 2.52. The molecule has 1 saturated carbocycles. The SMILES string of the molecule is CN1CC[C@]23CCCC[C@H]2[C@H]1Cc1cc(NC(=O)C(=Cc2ccccc2)C(F)(F)F)ccc13.Cl. The van der Waals surface area contributed by atoms with Gasteiger partial charge in [-0.2, -0.15) is 13.2 Å². The smallest absolute Gasteiger partial charge is 0.322 e. The molecule has 2 aliphatic carbocycles. The van der Waals surface area contributed by atoms with Crippen LogP contribution in [0.15, 0.2) is 54.1 Å². The predicted molar refractivity (Wildman–Crippen MR) is 131 cm³/mol. The Morgan fingerprint density at radius 1 is 1.12 bits per heavy atom. The van der Waals surface area contributed by atoms with Gasteiger partial charge in [0, 0.05) is 17.1 Å². The molecule has 182 valence electrons. The van der Waals surface area contributed by atoms with E-state index in [1.807, 2.05) is 6.07 Å². The lowest BCUT2D eigenvalue weighted by atomic mass is 9.52. The molecule has 1 aliphatic heterocycles. The average molecular weight is 491 g/mol. The summed E-state index contributed by atoms with van der Waals surface area (Å²) in [4.78, 5) is 15.2. The highest BCUT2D eigenvalue weighted by molar-refractivity contribution is 6.07. The zero-order chi connectivity index (χ0) is 23.2. The second kappa shape index (κ2) is 9.38. The quantitative estimate of drug-likeness (QED) is 0.506. The maximum atomic E-state index is 13.7. The van der Waals surface area contributed by atoms with Crippen LogP contribution in [0.1, 0.15) is 48.8 Å². The van der Waals surface area contributed by atoms with Crippen LogP contribution < -0.4 is 5.32 Å². The molecule has 0 unspecified atom stereocenters. The molecule has 1 amide bonds. The van der Waals surface area contributed by atoms with Gasteiger partial charge in [0.2, 0.25) is 0 Å². The number of piperidine rings is 1. The van der Waals surface area contributed by atoms with Gasteiger partial charge >= 0.3 is 6.18 Å². The fourth-order valence-corrected chi connectivity index (χ4v) is 6.50. The first-order valence-electron chi connectivity index (χ1n) is 11.8. The second-order valence-corrected chi connectivity index (χ2v) is 9.80. The first-order valence-corrected chi connectivity index (χ1v) is 11.8. The number of benzene rings is 2. The summed E-state index contributed by atoms with van der Waals surface area (Å²) in [6.45, 7) is 1.08. The number of carbonyl (C=O) groups is 1. The van der Waals surface area contributed by atoms with E-state index in [1.165, 1.54) is 36.8 Å². The van der Waals surface area contributed by atoms with E-state index >= 15 is 0 Å². The normalized spacial score (nSPS) is 26.6. The third-order valence-corrected chi connectivity index (χ3v) is 8.03. The van der Waals surface area contributed by atoms with E-state index in [1.54, 1.807) is 36.4 Å². The van der Waals surface area contributed by atoms with Crippen molar-refractivity contribution in [3.05, 3.63) is 70.8 Å². The van der Waals surface area contributed by atoms with Gasteiger partial charge in [0.05, 0.1) is 0 Å². The summed E-state index contributed by atoms with van der Waals surface area (Å²) in [5.74, 6) is -0.489. The number of nitrogens with one attached hydrogen (secondary N) is 1. The molecule has 2 aromatic rings. The second-order valence-electron chi connectivity index (χ2n) is 9.80. The maximum Gasteiger partial charge on any atom is 0.421 e. The summed E-state index contributed by atoms with van der Waals surface area (Å²) in [6.07, 6.45) is 3.08. The highest BCUT2D eigenvalue weighted by Crippen LogP contribution is 2.55. The molecular formula is C27H30ClF3N2O. The van der Waals surface area contributed by atoms with Crippen LogP contribution in [0.2, 0.25) is 0 Å². The van der Waals surface area contributed by atoms with Gasteiger partial charge in [0.25, 0.3) is 5.91 Å². The highest BCUT2D eigenvalue weighted by Gasteiger charge is 2.53. The van der Waals surface area contributed by atoms with Crippen molar-refractivity contribution in [2.45, 2.75) is 56.2 Å². The lowest BCUT2D eigenvalue weighted by molar-refractivity contribution is -0.126. The van der Waals surface area contributed by atoms with Crippen LogP contribution in [-0.4, -0.2) is 36.6 Å². The molecule has 0 aromatic heterocycles. The van der Waals surface area contributed by atoms with Crippen LogP contribution in [0.4, 0.5) is 18.9 Å². The van der Waals surface area contributed by atoms with Crippen LogP contribution in [0.5, 0.6) is 0 Å². The Kier molecular flexibility index (Phi) is 6.85. The zero-order valence-electron chi connectivity index (χ0n) is 19.2. The van der Waals surface area contributed by atoms with Gasteiger partial charge in [-0.25, -0.2) is 0 Å². The third-order valence-electron chi connectivity index (χ3n) is 8.03. The van der Waals surface area contributed by atoms with E-state index in [-0.39, 0.29) is 17.8 Å². The summed E-state index contributed by atoms with van der Waals surface area (Å²) in [6, 6.07) is 14.3. The summed E-state index contributed by atoms with van der Waals surface area (Å²) in [5.41, 5.74) is 2.26. The largest absolute Gasteiger partial charge is 0.421 e. The Balaban J connectivity index is 0.00000274. The number of anilines is 1. The monoisotopic (exact) mass is 490 g/mol. The van der Waals surface area contributed by atoms with Crippen LogP contribution in [0.25, 0.3) is 6.08 Å². The molecule has 1 heterocycles. The van der Waals surface area contributed by atoms with Crippen molar-refractivity contribution in [1.29, 1.82) is 0 Å². The van der Waals surface area contributed by atoms with Gasteiger partial charge in [-0.3, -0.25) is 4.79 Å². The van der Waals surface area contributed by atoms with Crippen molar-refractivity contribution < 1.29 is 18.0 Å². The van der Waals surface area contributed by atoms with Crippen LogP contribution in [-0.2, 0) is 16.6 Å². The van der Waals surface area contributed by atoms with Gasteiger partial charge in [-0.15, -0.1) is 12.4 Å². The molecular weight excluding hydrogens is 461 g/mol. The number of alkyl halides is 3. The first-order chi connectivity index (χ1) is 15.8.